The van der Waals surface area contributed by atoms with Crippen LogP contribution in [0.15, 0.2) is 89.5 Å². The number of carbonyl (C=O) groups excluding carboxylic acids is 3. The highest BCUT2D eigenvalue weighted by Gasteiger charge is 2.25. The quantitative estimate of drug-likeness (QED) is 0.122. The van der Waals surface area contributed by atoms with Crippen LogP contribution >= 0.6 is 23.1 Å². The van der Waals surface area contributed by atoms with Crippen molar-refractivity contribution in [1.82, 2.24) is 5.32 Å². The Kier molecular flexibility index (Phi) is 10.5. The van der Waals surface area contributed by atoms with Gasteiger partial charge >= 0.3 is 0 Å². The van der Waals surface area contributed by atoms with Crippen LogP contribution in [0.1, 0.15) is 63.7 Å². The fraction of sp³-hybridized carbons (Fsp3) is 0.222. The molecule has 45 heavy (non-hydrogen) atoms. The Balaban J connectivity index is 1.30. The van der Waals surface area contributed by atoms with Gasteiger partial charge in [-0.15, -0.1) is 23.1 Å². The molecule has 3 N–H and O–H groups in total. The number of hydrogen-bond acceptors (Lipinski definition) is 6. The number of rotatable bonds is 10. The van der Waals surface area contributed by atoms with E-state index in [-0.39, 0.29) is 11.6 Å². The summed E-state index contributed by atoms with van der Waals surface area (Å²) >= 11 is 2.92. The van der Waals surface area contributed by atoms with E-state index in [0.717, 1.165) is 47.3 Å². The van der Waals surface area contributed by atoms with Gasteiger partial charge in [-0.05, 0) is 86.6 Å². The summed E-state index contributed by atoms with van der Waals surface area (Å²) < 4.78 is 0. The molecule has 0 saturated heterocycles. The number of nitrogens with zero attached hydrogens (tertiary/aromatic N) is 1. The Morgan fingerprint density at radius 3 is 2.47 bits per heavy atom. The standard InChI is InChI=1S/C36H34N4O3S2/c1-3-31(35(43)40-36-29(22-37)28-14-7-8-15-32(28)45-36)44-27-13-9-12-26(21-27)38-34(42)30(20-24-18-16-23(2)17-19-24)39-33(41)25-10-5-4-6-11-25/h4-6,9-13,16-21,31H,3,7-8,14-15H2,1-2H3,(H,38,42)(H,39,41)(H,40,43)/b30-20+. The van der Waals surface area contributed by atoms with Gasteiger partial charge in [0.1, 0.15) is 16.8 Å². The lowest BCUT2D eigenvalue weighted by Crippen LogP contribution is -2.30. The van der Waals surface area contributed by atoms with Crippen LogP contribution in [-0.4, -0.2) is 23.0 Å². The normalized spacial score (nSPS) is 13.2. The summed E-state index contributed by atoms with van der Waals surface area (Å²) in [5, 5.41) is 18.7. The first-order valence-electron chi connectivity index (χ1n) is 14.9. The molecule has 1 atom stereocenters. The van der Waals surface area contributed by atoms with E-state index < -0.39 is 17.1 Å². The maximum absolute atomic E-state index is 13.5. The minimum atomic E-state index is -0.475. The van der Waals surface area contributed by atoms with E-state index in [1.54, 1.807) is 36.4 Å². The van der Waals surface area contributed by atoms with Crippen LogP contribution in [0.25, 0.3) is 6.08 Å². The van der Waals surface area contributed by atoms with E-state index in [2.05, 4.69) is 22.0 Å². The summed E-state index contributed by atoms with van der Waals surface area (Å²) in [6.07, 6.45) is 6.22. The van der Waals surface area contributed by atoms with Crippen LogP contribution < -0.4 is 16.0 Å². The zero-order chi connectivity index (χ0) is 31.8. The number of nitrogens with one attached hydrogen (secondary N) is 3. The average molecular weight is 635 g/mol. The summed E-state index contributed by atoms with van der Waals surface area (Å²) in [6.45, 7) is 3.93. The van der Waals surface area contributed by atoms with Crippen LogP contribution in [0.4, 0.5) is 10.7 Å². The van der Waals surface area contributed by atoms with Crippen molar-refractivity contribution in [3.63, 3.8) is 0 Å². The zero-order valence-electron chi connectivity index (χ0n) is 25.2. The Morgan fingerprint density at radius 1 is 0.978 bits per heavy atom. The highest BCUT2D eigenvalue weighted by atomic mass is 32.2. The first-order chi connectivity index (χ1) is 21.8. The van der Waals surface area contributed by atoms with Crippen molar-refractivity contribution in [1.29, 1.82) is 5.26 Å². The molecule has 0 saturated carbocycles. The van der Waals surface area contributed by atoms with Crippen LogP contribution in [0.3, 0.4) is 0 Å². The molecule has 3 amide bonds. The molecule has 0 radical (unpaired) electrons. The number of nitriles is 1. The van der Waals surface area contributed by atoms with Crippen molar-refractivity contribution >= 4 is 57.6 Å². The van der Waals surface area contributed by atoms with E-state index >= 15 is 0 Å². The number of aryl methyl sites for hydroxylation is 2. The van der Waals surface area contributed by atoms with Crippen LogP contribution in [0, 0.1) is 18.3 Å². The minimum Gasteiger partial charge on any atom is -0.321 e. The van der Waals surface area contributed by atoms with Crippen molar-refractivity contribution in [2.45, 2.75) is 56.1 Å². The third-order valence-electron chi connectivity index (χ3n) is 7.47. The average Bonchev–Trinajstić information content (AvgIpc) is 3.41. The van der Waals surface area contributed by atoms with Gasteiger partial charge in [0.05, 0.1) is 10.8 Å². The molecule has 0 bridgehead atoms. The minimum absolute atomic E-state index is 0.100. The second kappa shape index (κ2) is 14.9. The number of hydrogen-bond donors (Lipinski definition) is 3. The predicted octanol–water partition coefficient (Wildman–Crippen LogP) is 7.73. The number of benzene rings is 3. The molecule has 1 heterocycles. The summed E-state index contributed by atoms with van der Waals surface area (Å²) in [5.74, 6) is -1.02. The number of thioether (sulfide) groups is 1. The lowest BCUT2D eigenvalue weighted by molar-refractivity contribution is -0.116. The number of amides is 3. The van der Waals surface area contributed by atoms with Crippen molar-refractivity contribution in [3.8, 4) is 6.07 Å². The molecule has 0 aliphatic heterocycles. The molecule has 0 fully saturated rings. The van der Waals surface area contributed by atoms with Crippen LogP contribution in [-0.2, 0) is 22.4 Å². The van der Waals surface area contributed by atoms with Gasteiger partial charge in [0.2, 0.25) is 5.91 Å². The molecule has 3 aromatic carbocycles. The van der Waals surface area contributed by atoms with Crippen molar-refractivity contribution in [3.05, 3.63) is 117 Å². The molecule has 1 aliphatic rings. The van der Waals surface area contributed by atoms with Crippen molar-refractivity contribution in [2.75, 3.05) is 10.6 Å². The second-order valence-corrected chi connectivity index (χ2v) is 13.2. The molecule has 7 nitrogen and oxygen atoms in total. The number of anilines is 2. The predicted molar refractivity (Wildman–Crippen MR) is 182 cm³/mol. The van der Waals surface area contributed by atoms with E-state index in [1.165, 1.54) is 28.0 Å². The maximum Gasteiger partial charge on any atom is 0.272 e. The highest BCUT2D eigenvalue weighted by Crippen LogP contribution is 2.38. The Morgan fingerprint density at radius 2 is 1.73 bits per heavy atom. The Labute approximate surface area is 271 Å². The zero-order valence-corrected chi connectivity index (χ0v) is 26.8. The molecule has 9 heteroatoms. The monoisotopic (exact) mass is 634 g/mol. The van der Waals surface area contributed by atoms with Gasteiger partial charge in [-0.1, -0.05) is 61.0 Å². The lowest BCUT2D eigenvalue weighted by atomic mass is 9.96. The largest absolute Gasteiger partial charge is 0.321 e. The molecule has 0 spiro atoms. The van der Waals surface area contributed by atoms with Gasteiger partial charge in [0, 0.05) is 21.0 Å². The fourth-order valence-electron chi connectivity index (χ4n) is 5.07. The number of carbonyl (C=O) groups is 3. The molecular formula is C36H34N4O3S2. The highest BCUT2D eigenvalue weighted by molar-refractivity contribution is 8.00. The summed E-state index contributed by atoms with van der Waals surface area (Å²) in [7, 11) is 0. The first-order valence-corrected chi connectivity index (χ1v) is 16.6. The smallest absolute Gasteiger partial charge is 0.272 e. The summed E-state index contributed by atoms with van der Waals surface area (Å²) in [4.78, 5) is 41.8. The molecule has 5 rings (SSSR count). The fourth-order valence-corrected chi connectivity index (χ4v) is 7.32. The van der Waals surface area contributed by atoms with Gasteiger partial charge in [0.15, 0.2) is 0 Å². The van der Waals surface area contributed by atoms with Gasteiger partial charge in [-0.3, -0.25) is 14.4 Å². The van der Waals surface area contributed by atoms with Crippen LogP contribution in [0.2, 0.25) is 0 Å². The molecule has 1 aliphatic carbocycles. The maximum atomic E-state index is 13.5. The van der Waals surface area contributed by atoms with Gasteiger partial charge in [-0.25, -0.2) is 0 Å². The molecule has 4 aromatic rings. The van der Waals surface area contributed by atoms with E-state index in [9.17, 15) is 19.6 Å². The van der Waals surface area contributed by atoms with Crippen molar-refractivity contribution in [2.24, 2.45) is 0 Å². The molecule has 1 unspecified atom stereocenters. The summed E-state index contributed by atoms with van der Waals surface area (Å²) in [6, 6.07) is 26.0. The van der Waals surface area contributed by atoms with Gasteiger partial charge in [0.25, 0.3) is 11.8 Å². The Hall–Kier alpha value is -4.65. The van der Waals surface area contributed by atoms with Gasteiger partial charge < -0.3 is 16.0 Å². The molecule has 228 valence electrons. The summed E-state index contributed by atoms with van der Waals surface area (Å²) in [5.41, 5.74) is 4.61. The van der Waals surface area contributed by atoms with E-state index in [0.29, 0.717) is 28.2 Å². The second-order valence-electron chi connectivity index (χ2n) is 10.8. The van der Waals surface area contributed by atoms with E-state index in [1.807, 2.05) is 62.4 Å². The topological polar surface area (TPSA) is 111 Å². The van der Waals surface area contributed by atoms with Gasteiger partial charge in [-0.2, -0.15) is 5.26 Å². The SMILES string of the molecule is CCC(Sc1cccc(NC(=O)/C(=C\c2ccc(C)cc2)NC(=O)c2ccccc2)c1)C(=O)Nc1sc2c(c1C#N)CCCC2. The molecule has 1 aromatic heterocycles. The number of fused-ring (bicyclic) bond motifs is 1. The number of thiophene rings is 1. The molecular weight excluding hydrogens is 601 g/mol. The third-order valence-corrected chi connectivity index (χ3v) is 10.0. The third kappa shape index (κ3) is 8.09. The lowest BCUT2D eigenvalue weighted by Gasteiger charge is -2.16. The van der Waals surface area contributed by atoms with Crippen molar-refractivity contribution < 1.29 is 14.4 Å². The van der Waals surface area contributed by atoms with E-state index in [4.69, 9.17) is 0 Å². The Bertz CT molecular complexity index is 1770. The first kappa shape index (κ1) is 31.8. The van der Waals surface area contributed by atoms with Crippen LogP contribution in [0.5, 0.6) is 0 Å².